The summed E-state index contributed by atoms with van der Waals surface area (Å²) in [7, 11) is 0. The highest BCUT2D eigenvalue weighted by molar-refractivity contribution is 5.84. The highest BCUT2D eigenvalue weighted by Gasteiger charge is 2.19. The van der Waals surface area contributed by atoms with Crippen molar-refractivity contribution in [1.29, 1.82) is 5.26 Å². The number of alkyl halides is 2. The Kier molecular flexibility index (Phi) is 5.97. The van der Waals surface area contributed by atoms with Crippen LogP contribution in [0.5, 0.6) is 5.75 Å². The van der Waals surface area contributed by atoms with Crippen LogP contribution in [0.15, 0.2) is 41.2 Å². The van der Waals surface area contributed by atoms with E-state index in [9.17, 15) is 18.8 Å². The average molecular weight is 463 g/mol. The van der Waals surface area contributed by atoms with E-state index in [-0.39, 0.29) is 16.9 Å². The van der Waals surface area contributed by atoms with Crippen molar-refractivity contribution in [3.63, 3.8) is 0 Å². The molecule has 0 saturated heterocycles. The predicted molar refractivity (Wildman–Crippen MR) is 123 cm³/mol. The molecule has 34 heavy (non-hydrogen) atoms. The standard InChI is InChI=1S/C25H23F2N5O2/c26-23(27)14-34-22-10-21-20(9-16(22)12-28)29-24(30-21)11-19-17-7-3-4-8-18(17)25(33)32(31-19)13-15-5-1-2-6-15/h3-4,7-10,15,23H,1-2,5-6,11,13-14H2,(H,29,30). The molecule has 1 aliphatic carbocycles. The van der Waals surface area contributed by atoms with Gasteiger partial charge in [-0.1, -0.05) is 31.0 Å². The number of ether oxygens (including phenoxy) is 1. The first-order valence-electron chi connectivity index (χ1n) is 11.3. The number of nitriles is 1. The van der Waals surface area contributed by atoms with Gasteiger partial charge in [0.15, 0.2) is 0 Å². The molecule has 1 N–H and O–H groups in total. The minimum Gasteiger partial charge on any atom is -0.486 e. The Morgan fingerprint density at radius 3 is 2.71 bits per heavy atom. The van der Waals surface area contributed by atoms with Crippen molar-refractivity contribution < 1.29 is 13.5 Å². The molecule has 2 heterocycles. The van der Waals surface area contributed by atoms with Gasteiger partial charge in [-0.15, -0.1) is 0 Å². The van der Waals surface area contributed by atoms with Crippen molar-refractivity contribution >= 4 is 21.8 Å². The van der Waals surface area contributed by atoms with Gasteiger partial charge in [0, 0.05) is 18.0 Å². The number of aromatic nitrogens is 4. The summed E-state index contributed by atoms with van der Waals surface area (Å²) in [6.07, 6.45) is 2.29. The second-order valence-corrected chi connectivity index (χ2v) is 8.67. The molecule has 0 bridgehead atoms. The Labute approximate surface area is 194 Å². The second-order valence-electron chi connectivity index (χ2n) is 8.67. The normalized spacial score (nSPS) is 14.3. The molecule has 4 aromatic rings. The number of imidazole rings is 1. The van der Waals surface area contributed by atoms with E-state index in [0.717, 1.165) is 23.9 Å². The average Bonchev–Trinajstić information content (AvgIpc) is 3.49. The number of nitrogens with zero attached hydrogens (tertiary/aromatic N) is 4. The van der Waals surface area contributed by atoms with E-state index in [1.165, 1.54) is 18.9 Å². The van der Waals surface area contributed by atoms with E-state index in [0.29, 0.717) is 41.1 Å². The Morgan fingerprint density at radius 1 is 1.21 bits per heavy atom. The number of H-pyrrole nitrogens is 1. The summed E-state index contributed by atoms with van der Waals surface area (Å²) in [5, 5.41) is 15.5. The van der Waals surface area contributed by atoms with Crippen LogP contribution >= 0.6 is 0 Å². The maximum Gasteiger partial charge on any atom is 0.274 e. The second kappa shape index (κ2) is 9.21. The van der Waals surface area contributed by atoms with Crippen LogP contribution in [-0.2, 0) is 13.0 Å². The summed E-state index contributed by atoms with van der Waals surface area (Å²) in [5.41, 5.74) is 1.88. The zero-order chi connectivity index (χ0) is 23.7. The van der Waals surface area contributed by atoms with Gasteiger partial charge in [0.25, 0.3) is 12.0 Å². The van der Waals surface area contributed by atoms with Gasteiger partial charge in [0.05, 0.1) is 34.1 Å². The van der Waals surface area contributed by atoms with E-state index in [1.807, 2.05) is 30.3 Å². The highest BCUT2D eigenvalue weighted by atomic mass is 19.3. The lowest BCUT2D eigenvalue weighted by molar-refractivity contribution is 0.0818. The van der Waals surface area contributed by atoms with Crippen molar-refractivity contribution in [2.75, 3.05) is 6.61 Å². The van der Waals surface area contributed by atoms with Gasteiger partial charge in [0.1, 0.15) is 24.3 Å². The first-order chi connectivity index (χ1) is 16.5. The Morgan fingerprint density at radius 2 is 1.97 bits per heavy atom. The van der Waals surface area contributed by atoms with Crippen LogP contribution in [-0.4, -0.2) is 32.8 Å². The zero-order valence-electron chi connectivity index (χ0n) is 18.4. The molecule has 1 saturated carbocycles. The van der Waals surface area contributed by atoms with Gasteiger partial charge in [-0.2, -0.15) is 10.4 Å². The molecule has 0 spiro atoms. The van der Waals surface area contributed by atoms with Crippen LogP contribution in [0.2, 0.25) is 0 Å². The summed E-state index contributed by atoms with van der Waals surface area (Å²) in [6, 6.07) is 12.4. The van der Waals surface area contributed by atoms with Crippen molar-refractivity contribution in [1.82, 2.24) is 19.7 Å². The molecule has 9 heteroatoms. The number of rotatable bonds is 7. The van der Waals surface area contributed by atoms with Crippen LogP contribution in [0.25, 0.3) is 21.8 Å². The van der Waals surface area contributed by atoms with E-state index < -0.39 is 13.0 Å². The zero-order valence-corrected chi connectivity index (χ0v) is 18.4. The number of fused-ring (bicyclic) bond motifs is 2. The number of halogens is 2. The molecule has 7 nitrogen and oxygen atoms in total. The molecule has 1 aliphatic rings. The van der Waals surface area contributed by atoms with Crippen LogP contribution in [0.1, 0.15) is 42.8 Å². The molecule has 0 amide bonds. The monoisotopic (exact) mass is 463 g/mol. The molecule has 0 atom stereocenters. The molecule has 5 rings (SSSR count). The molecule has 1 fully saturated rings. The molecule has 2 aromatic carbocycles. The van der Waals surface area contributed by atoms with Crippen LogP contribution in [0, 0.1) is 17.2 Å². The number of nitrogens with one attached hydrogen (secondary N) is 1. The molecule has 0 aliphatic heterocycles. The molecule has 2 aromatic heterocycles. The van der Waals surface area contributed by atoms with E-state index in [1.54, 1.807) is 10.7 Å². The van der Waals surface area contributed by atoms with Crippen molar-refractivity contribution in [3.8, 4) is 11.8 Å². The molecular formula is C25H23F2N5O2. The predicted octanol–water partition coefficient (Wildman–Crippen LogP) is 4.57. The quantitative estimate of drug-likeness (QED) is 0.433. The van der Waals surface area contributed by atoms with Gasteiger partial charge in [-0.25, -0.2) is 18.4 Å². The lowest BCUT2D eigenvalue weighted by Crippen LogP contribution is -2.27. The smallest absolute Gasteiger partial charge is 0.274 e. The SMILES string of the molecule is N#Cc1cc2[nH]c(Cc3nn(CC4CCCC4)c(=O)c4ccccc34)nc2cc1OCC(F)F. The maximum atomic E-state index is 13.1. The summed E-state index contributed by atoms with van der Waals surface area (Å²) in [5.74, 6) is 1.12. The van der Waals surface area contributed by atoms with Crippen LogP contribution in [0.4, 0.5) is 8.78 Å². The Bertz CT molecular complexity index is 1450. The summed E-state index contributed by atoms with van der Waals surface area (Å²) in [4.78, 5) is 20.8. The van der Waals surface area contributed by atoms with Gasteiger partial charge < -0.3 is 9.72 Å². The van der Waals surface area contributed by atoms with Gasteiger partial charge >= 0.3 is 0 Å². The summed E-state index contributed by atoms with van der Waals surface area (Å²) in [6.45, 7) is -0.191. The number of benzene rings is 2. The number of hydrogen-bond acceptors (Lipinski definition) is 5. The lowest BCUT2D eigenvalue weighted by Gasteiger charge is -2.14. The lowest BCUT2D eigenvalue weighted by atomic mass is 10.1. The largest absolute Gasteiger partial charge is 0.486 e. The fraction of sp³-hybridized carbons (Fsp3) is 0.360. The Balaban J connectivity index is 1.52. The molecular weight excluding hydrogens is 440 g/mol. The van der Waals surface area contributed by atoms with E-state index in [4.69, 9.17) is 9.84 Å². The third-order valence-corrected chi connectivity index (χ3v) is 6.30. The van der Waals surface area contributed by atoms with Crippen LogP contribution < -0.4 is 10.3 Å². The molecule has 0 radical (unpaired) electrons. The third kappa shape index (κ3) is 4.36. The number of aromatic amines is 1. The van der Waals surface area contributed by atoms with Crippen molar-refractivity contribution in [2.24, 2.45) is 5.92 Å². The molecule has 174 valence electrons. The van der Waals surface area contributed by atoms with Crippen LogP contribution in [0.3, 0.4) is 0 Å². The van der Waals surface area contributed by atoms with Gasteiger partial charge in [-0.05, 0) is 30.9 Å². The summed E-state index contributed by atoms with van der Waals surface area (Å²) >= 11 is 0. The first kappa shape index (κ1) is 22.0. The van der Waals surface area contributed by atoms with Gasteiger partial charge in [0.2, 0.25) is 0 Å². The molecule has 0 unspecified atom stereocenters. The van der Waals surface area contributed by atoms with Gasteiger partial charge in [-0.3, -0.25) is 4.79 Å². The fourth-order valence-corrected chi connectivity index (χ4v) is 4.69. The minimum atomic E-state index is -2.64. The maximum absolute atomic E-state index is 13.1. The fourth-order valence-electron chi connectivity index (χ4n) is 4.69. The summed E-state index contributed by atoms with van der Waals surface area (Å²) < 4.78 is 31.8. The number of hydrogen-bond donors (Lipinski definition) is 1. The van der Waals surface area contributed by atoms with E-state index >= 15 is 0 Å². The highest BCUT2D eigenvalue weighted by Crippen LogP contribution is 2.27. The topological polar surface area (TPSA) is 96.6 Å². The van der Waals surface area contributed by atoms with E-state index in [2.05, 4.69) is 9.97 Å². The van der Waals surface area contributed by atoms with Crippen molar-refractivity contribution in [2.45, 2.75) is 45.1 Å². The Hall–Kier alpha value is -3.80. The third-order valence-electron chi connectivity index (χ3n) is 6.30. The van der Waals surface area contributed by atoms with Crippen molar-refractivity contribution in [3.05, 3.63) is 63.8 Å². The minimum absolute atomic E-state index is 0.0713. The first-order valence-corrected chi connectivity index (χ1v) is 11.3.